The molecule has 0 spiro atoms. The molecule has 0 aliphatic rings. The maximum Gasteiger partial charge on any atom is 0.343 e. The Labute approximate surface area is 94.6 Å². The summed E-state index contributed by atoms with van der Waals surface area (Å²) < 4.78 is 10.2. The van der Waals surface area contributed by atoms with E-state index in [1.54, 1.807) is 13.8 Å². The van der Waals surface area contributed by atoms with Crippen LogP contribution in [0.3, 0.4) is 0 Å². The molecule has 0 atom stereocenters. The zero-order chi connectivity index (χ0) is 12.1. The fourth-order valence-corrected chi connectivity index (χ4v) is 1.20. The van der Waals surface area contributed by atoms with Gasteiger partial charge in [-0.2, -0.15) is 0 Å². The molecule has 0 bridgehead atoms. The summed E-state index contributed by atoms with van der Waals surface area (Å²) in [5.41, 5.74) is 7.05. The molecule has 1 rings (SSSR count). The van der Waals surface area contributed by atoms with Gasteiger partial charge in [-0.05, 0) is 26.8 Å². The first-order valence-electron chi connectivity index (χ1n) is 5.17. The van der Waals surface area contributed by atoms with E-state index in [0.29, 0.717) is 24.6 Å². The minimum Gasteiger partial charge on any atom is -0.477 e. The second kappa shape index (κ2) is 5.34. The summed E-state index contributed by atoms with van der Waals surface area (Å²) in [6, 6.07) is 1.53. The fourth-order valence-electron chi connectivity index (χ4n) is 1.20. The first-order valence-corrected chi connectivity index (χ1v) is 5.17. The van der Waals surface area contributed by atoms with E-state index < -0.39 is 5.97 Å². The lowest BCUT2D eigenvalue weighted by Crippen LogP contribution is -2.11. The molecular formula is C11H16N2O3. The van der Waals surface area contributed by atoms with Gasteiger partial charge in [0.15, 0.2) is 0 Å². The molecule has 0 aliphatic heterocycles. The van der Waals surface area contributed by atoms with E-state index in [1.807, 2.05) is 6.92 Å². The van der Waals surface area contributed by atoms with Gasteiger partial charge in [0.25, 0.3) is 0 Å². The molecule has 5 nitrogen and oxygen atoms in total. The van der Waals surface area contributed by atoms with Crippen LogP contribution in [0.5, 0.6) is 5.88 Å². The van der Waals surface area contributed by atoms with Gasteiger partial charge in [0.2, 0.25) is 5.88 Å². The predicted molar refractivity (Wildman–Crippen MR) is 60.5 cm³/mol. The van der Waals surface area contributed by atoms with Crippen LogP contribution in [0.25, 0.3) is 0 Å². The number of hydrogen-bond acceptors (Lipinski definition) is 5. The van der Waals surface area contributed by atoms with E-state index >= 15 is 0 Å². The molecular weight excluding hydrogens is 208 g/mol. The third-order valence-electron chi connectivity index (χ3n) is 1.99. The van der Waals surface area contributed by atoms with E-state index in [9.17, 15) is 4.79 Å². The summed E-state index contributed by atoms with van der Waals surface area (Å²) in [5.74, 6) is -0.196. The van der Waals surface area contributed by atoms with Crippen molar-refractivity contribution in [3.63, 3.8) is 0 Å². The predicted octanol–water partition coefficient (Wildman–Crippen LogP) is 1.55. The van der Waals surface area contributed by atoms with Gasteiger partial charge < -0.3 is 15.2 Å². The number of ether oxygens (including phenoxy) is 2. The number of rotatable bonds is 4. The Morgan fingerprint density at radius 2 is 2.12 bits per heavy atom. The van der Waals surface area contributed by atoms with Crippen LogP contribution >= 0.6 is 0 Å². The number of aromatic nitrogens is 1. The normalized spacial score (nSPS) is 9.94. The quantitative estimate of drug-likeness (QED) is 0.785. The molecule has 16 heavy (non-hydrogen) atoms. The number of nitrogen functional groups attached to an aromatic ring is 1. The Morgan fingerprint density at radius 3 is 2.69 bits per heavy atom. The molecule has 0 fully saturated rings. The molecule has 1 aromatic heterocycles. The van der Waals surface area contributed by atoms with Crippen LogP contribution in [0.15, 0.2) is 6.07 Å². The Kier molecular flexibility index (Phi) is 4.10. The number of hydrogen-bond donors (Lipinski definition) is 1. The zero-order valence-corrected chi connectivity index (χ0v) is 9.74. The van der Waals surface area contributed by atoms with Gasteiger partial charge in [-0.3, -0.25) is 0 Å². The monoisotopic (exact) mass is 224 g/mol. The van der Waals surface area contributed by atoms with Gasteiger partial charge in [0.05, 0.1) is 24.6 Å². The highest BCUT2D eigenvalue weighted by Crippen LogP contribution is 2.22. The molecule has 0 amide bonds. The molecule has 0 aliphatic carbocycles. The van der Waals surface area contributed by atoms with Gasteiger partial charge in [-0.25, -0.2) is 9.78 Å². The second-order valence-electron chi connectivity index (χ2n) is 3.17. The van der Waals surface area contributed by atoms with Gasteiger partial charge in [-0.1, -0.05) is 0 Å². The summed E-state index contributed by atoms with van der Waals surface area (Å²) in [6.07, 6.45) is 0. The third-order valence-corrected chi connectivity index (χ3v) is 1.99. The molecule has 1 heterocycles. The number of carbonyl (C=O) groups is 1. The summed E-state index contributed by atoms with van der Waals surface area (Å²) in [6.45, 7) is 6.05. The SMILES string of the molecule is CCOC(=O)c1cc(N)c(C)nc1OCC. The lowest BCUT2D eigenvalue weighted by molar-refractivity contribution is 0.0521. The molecule has 0 unspecified atom stereocenters. The minimum absolute atomic E-state index is 0.270. The highest BCUT2D eigenvalue weighted by atomic mass is 16.5. The minimum atomic E-state index is -0.467. The van der Waals surface area contributed by atoms with Crippen LogP contribution in [0.2, 0.25) is 0 Å². The lowest BCUT2D eigenvalue weighted by Gasteiger charge is -2.10. The summed E-state index contributed by atoms with van der Waals surface area (Å²) in [7, 11) is 0. The Morgan fingerprint density at radius 1 is 1.44 bits per heavy atom. The Balaban J connectivity index is 3.13. The highest BCUT2D eigenvalue weighted by molar-refractivity contribution is 5.93. The number of carbonyl (C=O) groups excluding carboxylic acids is 1. The summed E-state index contributed by atoms with van der Waals surface area (Å²) in [4.78, 5) is 15.7. The van der Waals surface area contributed by atoms with Crippen molar-refractivity contribution in [2.24, 2.45) is 0 Å². The van der Waals surface area contributed by atoms with E-state index in [2.05, 4.69) is 4.98 Å². The van der Waals surface area contributed by atoms with Crippen LogP contribution in [-0.2, 0) is 4.74 Å². The Bertz CT molecular complexity index is 391. The first-order chi connectivity index (χ1) is 7.60. The molecule has 5 heteroatoms. The topological polar surface area (TPSA) is 74.4 Å². The van der Waals surface area contributed by atoms with Crippen molar-refractivity contribution < 1.29 is 14.3 Å². The highest BCUT2D eigenvalue weighted by Gasteiger charge is 2.17. The molecule has 0 aromatic carbocycles. The second-order valence-corrected chi connectivity index (χ2v) is 3.17. The average molecular weight is 224 g/mol. The zero-order valence-electron chi connectivity index (χ0n) is 9.74. The van der Waals surface area contributed by atoms with Gasteiger partial charge in [0, 0.05) is 0 Å². The molecule has 1 aromatic rings. The summed E-state index contributed by atoms with van der Waals surface area (Å²) >= 11 is 0. The summed E-state index contributed by atoms with van der Waals surface area (Å²) in [5, 5.41) is 0. The maximum atomic E-state index is 11.6. The first kappa shape index (κ1) is 12.3. The standard InChI is InChI=1S/C11H16N2O3/c1-4-15-10-8(11(14)16-5-2)6-9(12)7(3)13-10/h6H,4-5,12H2,1-3H3. The molecule has 0 saturated carbocycles. The van der Waals surface area contributed by atoms with Crippen LogP contribution in [0, 0.1) is 6.92 Å². The van der Waals surface area contributed by atoms with Gasteiger partial charge in [0.1, 0.15) is 5.56 Å². The average Bonchev–Trinajstić information content (AvgIpc) is 2.23. The van der Waals surface area contributed by atoms with E-state index in [0.717, 1.165) is 0 Å². The van der Waals surface area contributed by atoms with Gasteiger partial charge in [-0.15, -0.1) is 0 Å². The fraction of sp³-hybridized carbons (Fsp3) is 0.455. The van der Waals surface area contributed by atoms with E-state index in [-0.39, 0.29) is 11.4 Å². The van der Waals surface area contributed by atoms with Crippen LogP contribution in [0.1, 0.15) is 29.9 Å². The smallest absolute Gasteiger partial charge is 0.343 e. The van der Waals surface area contributed by atoms with Crippen molar-refractivity contribution in [3.8, 4) is 5.88 Å². The third kappa shape index (κ3) is 2.62. The van der Waals surface area contributed by atoms with Crippen molar-refractivity contribution in [2.45, 2.75) is 20.8 Å². The van der Waals surface area contributed by atoms with Crippen LogP contribution < -0.4 is 10.5 Å². The number of aryl methyl sites for hydroxylation is 1. The molecule has 88 valence electrons. The van der Waals surface area contributed by atoms with E-state index in [1.165, 1.54) is 6.07 Å². The van der Waals surface area contributed by atoms with Crippen molar-refractivity contribution >= 4 is 11.7 Å². The number of nitrogens with zero attached hydrogens (tertiary/aromatic N) is 1. The van der Waals surface area contributed by atoms with E-state index in [4.69, 9.17) is 15.2 Å². The largest absolute Gasteiger partial charge is 0.477 e. The number of anilines is 1. The van der Waals surface area contributed by atoms with Crippen LogP contribution in [-0.4, -0.2) is 24.2 Å². The Hall–Kier alpha value is -1.78. The maximum absolute atomic E-state index is 11.6. The van der Waals surface area contributed by atoms with Crippen molar-refractivity contribution in [3.05, 3.63) is 17.3 Å². The lowest BCUT2D eigenvalue weighted by atomic mass is 10.2. The molecule has 0 radical (unpaired) electrons. The molecule has 0 saturated heterocycles. The molecule has 2 N–H and O–H groups in total. The number of pyridine rings is 1. The van der Waals surface area contributed by atoms with Crippen molar-refractivity contribution in [1.29, 1.82) is 0 Å². The number of nitrogens with two attached hydrogens (primary N) is 1. The van der Waals surface area contributed by atoms with Gasteiger partial charge >= 0.3 is 5.97 Å². The van der Waals surface area contributed by atoms with Crippen molar-refractivity contribution in [1.82, 2.24) is 4.98 Å². The number of esters is 1. The van der Waals surface area contributed by atoms with Crippen LogP contribution in [0.4, 0.5) is 5.69 Å². The van der Waals surface area contributed by atoms with Crippen molar-refractivity contribution in [2.75, 3.05) is 18.9 Å².